The molecule has 2 heterocycles. The third kappa shape index (κ3) is 6.09. The molecular weight excluding hydrogens is 429 g/mol. The van der Waals surface area contributed by atoms with Gasteiger partial charge < -0.3 is 14.5 Å². The lowest BCUT2D eigenvalue weighted by Gasteiger charge is -2.35. The molecule has 1 saturated heterocycles. The van der Waals surface area contributed by atoms with Crippen LogP contribution < -0.4 is 10.2 Å². The van der Waals surface area contributed by atoms with Crippen LogP contribution in [0.5, 0.6) is 0 Å². The van der Waals surface area contributed by atoms with Crippen molar-refractivity contribution in [2.75, 3.05) is 37.7 Å². The van der Waals surface area contributed by atoms with Crippen LogP contribution in [-0.4, -0.2) is 60.5 Å². The maximum absolute atomic E-state index is 12.8. The molecule has 8 nitrogen and oxygen atoms in total. The van der Waals surface area contributed by atoms with E-state index < -0.39 is 29.5 Å². The van der Waals surface area contributed by atoms with E-state index in [0.29, 0.717) is 26.2 Å². The summed E-state index contributed by atoms with van der Waals surface area (Å²) in [4.78, 5) is 42.6. The molecule has 0 atom stereocenters. The summed E-state index contributed by atoms with van der Waals surface area (Å²) >= 11 is 5.98. The summed E-state index contributed by atoms with van der Waals surface area (Å²) < 4.78 is 42.9. The zero-order valence-corrected chi connectivity index (χ0v) is 17.0. The number of carbonyl (C=O) groups excluding carboxylic acids is 3. The summed E-state index contributed by atoms with van der Waals surface area (Å²) in [5.41, 5.74) is -1.15. The van der Waals surface area contributed by atoms with Gasteiger partial charge in [-0.3, -0.25) is 14.9 Å². The van der Waals surface area contributed by atoms with Crippen molar-refractivity contribution >= 4 is 35.2 Å². The number of Topliss-reactive ketones (excluding diaryl/α,β-unsaturated/α-hetero) is 1. The van der Waals surface area contributed by atoms with E-state index >= 15 is 0 Å². The van der Waals surface area contributed by atoms with E-state index in [1.165, 1.54) is 13.1 Å². The highest BCUT2D eigenvalue weighted by atomic mass is 35.5. The van der Waals surface area contributed by atoms with Gasteiger partial charge in [0.1, 0.15) is 5.82 Å². The number of ether oxygens (including phenoxy) is 1. The summed E-state index contributed by atoms with van der Waals surface area (Å²) in [7, 11) is 0. The Labute approximate surface area is 175 Å². The first-order chi connectivity index (χ1) is 14.0. The molecule has 1 fully saturated rings. The van der Waals surface area contributed by atoms with Crippen molar-refractivity contribution in [1.82, 2.24) is 15.2 Å². The predicted molar refractivity (Wildman–Crippen MR) is 102 cm³/mol. The molecule has 0 spiro atoms. The SMILES string of the molecule is CCOC(=O)NC(=O)C(=CN1CCN(c2ncc(C(F)(F)F)cc2Cl)CC1)C(C)=O. The summed E-state index contributed by atoms with van der Waals surface area (Å²) in [6.45, 7) is 4.23. The van der Waals surface area contributed by atoms with Crippen LogP contribution in [0.3, 0.4) is 0 Å². The molecule has 1 aliphatic heterocycles. The van der Waals surface area contributed by atoms with Crippen molar-refractivity contribution in [3.63, 3.8) is 0 Å². The lowest BCUT2D eigenvalue weighted by molar-refractivity contribution is -0.137. The maximum atomic E-state index is 12.8. The first kappa shape index (κ1) is 23.5. The van der Waals surface area contributed by atoms with Gasteiger partial charge in [0.05, 0.1) is 22.8 Å². The van der Waals surface area contributed by atoms with E-state index in [9.17, 15) is 27.6 Å². The first-order valence-corrected chi connectivity index (χ1v) is 9.33. The number of ketones is 1. The van der Waals surface area contributed by atoms with Gasteiger partial charge in [0.2, 0.25) is 0 Å². The second-order valence-electron chi connectivity index (χ2n) is 6.32. The number of hydrogen-bond donors (Lipinski definition) is 1. The Morgan fingerprint density at radius 3 is 2.40 bits per heavy atom. The molecule has 1 N–H and O–H groups in total. The second-order valence-corrected chi connectivity index (χ2v) is 6.73. The molecule has 0 bridgehead atoms. The Morgan fingerprint density at radius 1 is 1.27 bits per heavy atom. The molecule has 0 aliphatic carbocycles. The molecule has 30 heavy (non-hydrogen) atoms. The number of alkyl halides is 3. The van der Waals surface area contributed by atoms with Gasteiger partial charge in [-0.2, -0.15) is 13.2 Å². The highest BCUT2D eigenvalue weighted by Crippen LogP contribution is 2.33. The van der Waals surface area contributed by atoms with Crippen LogP contribution in [0.15, 0.2) is 24.0 Å². The average Bonchev–Trinajstić information content (AvgIpc) is 2.65. The van der Waals surface area contributed by atoms with Crippen molar-refractivity contribution in [3.8, 4) is 0 Å². The van der Waals surface area contributed by atoms with Crippen molar-refractivity contribution in [1.29, 1.82) is 0 Å². The van der Waals surface area contributed by atoms with Gasteiger partial charge >= 0.3 is 12.3 Å². The molecule has 2 rings (SSSR count). The normalized spacial score (nSPS) is 15.1. The van der Waals surface area contributed by atoms with Crippen molar-refractivity contribution < 1.29 is 32.3 Å². The van der Waals surface area contributed by atoms with Gasteiger partial charge in [-0.05, 0) is 19.9 Å². The molecule has 2 amide bonds. The number of hydrogen-bond acceptors (Lipinski definition) is 7. The standard InChI is InChI=1S/C18H20ClF3N4O4/c1-3-30-17(29)24-16(28)13(11(2)27)10-25-4-6-26(7-5-25)15-14(19)8-12(9-23-15)18(20,21)22/h8-10H,3-7H2,1-2H3,(H,24,28,29). The van der Waals surface area contributed by atoms with Crippen LogP contribution >= 0.6 is 11.6 Å². The molecule has 0 unspecified atom stereocenters. The number of nitrogens with one attached hydrogen (secondary N) is 1. The lowest BCUT2D eigenvalue weighted by atomic mass is 10.1. The third-order valence-corrected chi connectivity index (χ3v) is 4.47. The van der Waals surface area contributed by atoms with E-state index in [0.717, 1.165) is 12.3 Å². The van der Waals surface area contributed by atoms with Gasteiger partial charge in [-0.25, -0.2) is 9.78 Å². The quantitative estimate of drug-likeness (QED) is 0.420. The van der Waals surface area contributed by atoms with Crippen LogP contribution in [-0.2, 0) is 20.5 Å². The van der Waals surface area contributed by atoms with E-state index in [4.69, 9.17) is 11.6 Å². The highest BCUT2D eigenvalue weighted by molar-refractivity contribution is 6.33. The largest absolute Gasteiger partial charge is 0.450 e. The monoisotopic (exact) mass is 448 g/mol. The van der Waals surface area contributed by atoms with Crippen molar-refractivity contribution in [2.45, 2.75) is 20.0 Å². The first-order valence-electron chi connectivity index (χ1n) is 8.95. The summed E-state index contributed by atoms with van der Waals surface area (Å²) in [6, 6.07) is 0.823. The number of pyridine rings is 1. The van der Waals surface area contributed by atoms with Crippen molar-refractivity contribution in [2.24, 2.45) is 0 Å². The number of nitrogens with zero attached hydrogens (tertiary/aromatic N) is 3. The van der Waals surface area contributed by atoms with Crippen molar-refractivity contribution in [3.05, 3.63) is 34.6 Å². The molecule has 164 valence electrons. The van der Waals surface area contributed by atoms with Crippen LogP contribution in [0.4, 0.5) is 23.8 Å². The minimum absolute atomic E-state index is 0.0702. The molecule has 1 aliphatic rings. The minimum Gasteiger partial charge on any atom is -0.450 e. The number of rotatable bonds is 5. The fourth-order valence-electron chi connectivity index (χ4n) is 2.70. The minimum atomic E-state index is -4.54. The van der Waals surface area contributed by atoms with E-state index in [1.807, 2.05) is 5.32 Å². The molecular formula is C18H20ClF3N4O4. The Morgan fingerprint density at radius 2 is 1.90 bits per heavy atom. The number of halogens is 4. The van der Waals surface area contributed by atoms with E-state index in [2.05, 4.69) is 9.72 Å². The van der Waals surface area contributed by atoms with Crippen LogP contribution in [0.25, 0.3) is 0 Å². The summed E-state index contributed by atoms with van der Waals surface area (Å²) in [6.07, 6.45) is -3.43. The number of piperazine rings is 1. The van der Waals surface area contributed by atoms with Gasteiger partial charge in [0, 0.05) is 38.6 Å². The Kier molecular flexibility index (Phi) is 7.65. The molecule has 0 aromatic carbocycles. The van der Waals surface area contributed by atoms with Crippen LogP contribution in [0.1, 0.15) is 19.4 Å². The van der Waals surface area contributed by atoms with Crippen LogP contribution in [0, 0.1) is 0 Å². The molecule has 1 aromatic rings. The number of carbonyl (C=O) groups is 3. The number of imide groups is 1. The number of anilines is 1. The molecule has 12 heteroatoms. The molecule has 0 saturated carbocycles. The van der Waals surface area contributed by atoms with Gasteiger partial charge in [-0.15, -0.1) is 0 Å². The summed E-state index contributed by atoms with van der Waals surface area (Å²) in [5.74, 6) is -1.19. The maximum Gasteiger partial charge on any atom is 0.417 e. The number of amides is 2. The third-order valence-electron chi connectivity index (χ3n) is 4.19. The fraction of sp³-hybridized carbons (Fsp3) is 0.444. The predicted octanol–water partition coefficient (Wildman–Crippen LogP) is 2.62. The zero-order chi connectivity index (χ0) is 22.5. The van der Waals surface area contributed by atoms with Crippen LogP contribution in [0.2, 0.25) is 5.02 Å². The fourth-order valence-corrected chi connectivity index (χ4v) is 2.99. The Bertz CT molecular complexity index is 852. The van der Waals surface area contributed by atoms with E-state index in [-0.39, 0.29) is 23.0 Å². The van der Waals surface area contributed by atoms with Gasteiger partial charge in [0.25, 0.3) is 5.91 Å². The number of aromatic nitrogens is 1. The van der Waals surface area contributed by atoms with E-state index in [1.54, 1.807) is 16.7 Å². The topological polar surface area (TPSA) is 91.8 Å². The summed E-state index contributed by atoms with van der Waals surface area (Å²) in [5, 5.41) is 1.85. The van der Waals surface area contributed by atoms with Gasteiger partial charge in [-0.1, -0.05) is 11.6 Å². The van der Waals surface area contributed by atoms with Gasteiger partial charge in [0.15, 0.2) is 5.78 Å². The Balaban J connectivity index is 2.06. The number of alkyl carbamates (subject to hydrolysis) is 1. The molecule has 0 radical (unpaired) electrons. The average molecular weight is 449 g/mol. The zero-order valence-electron chi connectivity index (χ0n) is 16.3. The second kappa shape index (κ2) is 9.79. The lowest BCUT2D eigenvalue weighted by Crippen LogP contribution is -2.45. The smallest absolute Gasteiger partial charge is 0.417 e. The molecule has 1 aromatic heterocycles. The highest BCUT2D eigenvalue weighted by Gasteiger charge is 2.32. The Hall–Kier alpha value is -2.82.